The number of carboxylic acid groups (broad SMARTS) is 1. The van der Waals surface area contributed by atoms with Crippen LogP contribution in [0.3, 0.4) is 0 Å². The largest absolute Gasteiger partial charge is 0.481 e. The second kappa shape index (κ2) is 4.24. The number of hydrogen-bond donors (Lipinski definition) is 3. The van der Waals surface area contributed by atoms with Crippen molar-refractivity contribution in [3.63, 3.8) is 0 Å². The molecule has 0 aromatic carbocycles. The van der Waals surface area contributed by atoms with Crippen LogP contribution in [0, 0.1) is 5.92 Å². The van der Waals surface area contributed by atoms with Crippen LogP contribution in [0.5, 0.6) is 0 Å². The number of carboxylic acids is 1. The molecule has 1 unspecified atom stereocenters. The number of nitrogens with two attached hydrogens (primary N) is 2. The van der Waals surface area contributed by atoms with Gasteiger partial charge in [0.1, 0.15) is 0 Å². The molecule has 0 saturated carbocycles. The summed E-state index contributed by atoms with van der Waals surface area (Å²) in [5, 5.41) is 8.32. The Morgan fingerprint density at radius 2 is 2.10 bits per heavy atom. The van der Waals surface area contributed by atoms with Crippen LogP contribution < -0.4 is 11.5 Å². The summed E-state index contributed by atoms with van der Waals surface area (Å²) in [5.41, 5.74) is 10.5. The first-order valence-corrected chi connectivity index (χ1v) is 3.25. The molecule has 5 N–H and O–H groups in total. The topological polar surface area (TPSA) is 89.3 Å². The highest BCUT2D eigenvalue weighted by Gasteiger charge is 2.08. The van der Waals surface area contributed by atoms with Gasteiger partial charge in [-0.2, -0.15) is 0 Å². The summed E-state index contributed by atoms with van der Waals surface area (Å²) >= 11 is 0. The predicted octanol–water partition coefficient (Wildman–Crippen LogP) is -0.269. The van der Waals surface area contributed by atoms with Crippen LogP contribution in [0.2, 0.25) is 0 Å². The molecular weight excluding hydrogens is 132 g/mol. The smallest absolute Gasteiger partial charge is 0.303 e. The molecule has 0 aliphatic rings. The van der Waals surface area contributed by atoms with Crippen LogP contribution >= 0.6 is 0 Å². The molecule has 0 aromatic rings. The van der Waals surface area contributed by atoms with E-state index in [9.17, 15) is 4.79 Å². The summed E-state index contributed by atoms with van der Waals surface area (Å²) in [7, 11) is 0. The number of carbonyl (C=O) groups is 1. The molecule has 60 valence electrons. The molecule has 10 heavy (non-hydrogen) atoms. The maximum absolute atomic E-state index is 10.1. The summed E-state index contributed by atoms with van der Waals surface area (Å²) in [5.74, 6) is -0.731. The monoisotopic (exact) mass is 146 g/mol. The van der Waals surface area contributed by atoms with Gasteiger partial charge in [0.15, 0.2) is 0 Å². The summed E-state index contributed by atoms with van der Waals surface area (Å²) in [4.78, 5) is 10.1. The second-order valence-electron chi connectivity index (χ2n) is 2.60. The average Bonchev–Trinajstić information content (AvgIpc) is 1.58. The second-order valence-corrected chi connectivity index (χ2v) is 2.60. The first kappa shape index (κ1) is 9.39. The highest BCUT2D eigenvalue weighted by atomic mass is 16.4. The van der Waals surface area contributed by atoms with Gasteiger partial charge in [-0.1, -0.05) is 6.92 Å². The molecule has 0 spiro atoms. The molecule has 0 aliphatic heterocycles. The van der Waals surface area contributed by atoms with Crippen LogP contribution in [0.1, 0.15) is 19.8 Å². The van der Waals surface area contributed by atoms with Gasteiger partial charge >= 0.3 is 5.97 Å². The number of aliphatic carboxylic acids is 1. The van der Waals surface area contributed by atoms with E-state index in [1.165, 1.54) is 0 Å². The molecule has 0 radical (unpaired) electrons. The van der Waals surface area contributed by atoms with E-state index in [1.54, 1.807) is 0 Å². The molecule has 4 nitrogen and oxygen atoms in total. The Labute approximate surface area is 60.2 Å². The maximum Gasteiger partial charge on any atom is 0.303 e. The van der Waals surface area contributed by atoms with Gasteiger partial charge in [0.05, 0.1) is 6.17 Å². The Bertz CT molecular complexity index is 114. The Morgan fingerprint density at radius 1 is 1.60 bits per heavy atom. The van der Waals surface area contributed by atoms with Crippen molar-refractivity contribution in [2.24, 2.45) is 17.4 Å². The molecule has 0 amide bonds. The van der Waals surface area contributed by atoms with Gasteiger partial charge in [-0.05, 0) is 12.3 Å². The first-order valence-electron chi connectivity index (χ1n) is 3.25. The van der Waals surface area contributed by atoms with Crippen LogP contribution in [-0.2, 0) is 4.79 Å². The lowest BCUT2D eigenvalue weighted by atomic mass is 10.0. The zero-order valence-corrected chi connectivity index (χ0v) is 6.08. The van der Waals surface area contributed by atoms with Gasteiger partial charge in [0.2, 0.25) is 0 Å². The van der Waals surface area contributed by atoms with E-state index in [1.807, 2.05) is 6.92 Å². The van der Waals surface area contributed by atoms with Crippen LogP contribution in [-0.4, -0.2) is 17.2 Å². The van der Waals surface area contributed by atoms with Gasteiger partial charge in [-0.25, -0.2) is 0 Å². The number of rotatable bonds is 4. The molecule has 1 atom stereocenters. The van der Waals surface area contributed by atoms with Crippen LogP contribution in [0.25, 0.3) is 0 Å². The fraction of sp³-hybridized carbons (Fsp3) is 0.833. The van der Waals surface area contributed by atoms with Crippen LogP contribution in [0.15, 0.2) is 0 Å². The Hall–Kier alpha value is -0.610. The zero-order valence-electron chi connectivity index (χ0n) is 6.08. The molecule has 0 aliphatic carbocycles. The molecule has 4 heteroatoms. The van der Waals surface area contributed by atoms with Crippen molar-refractivity contribution in [2.75, 3.05) is 0 Å². The fourth-order valence-corrected chi connectivity index (χ4v) is 0.846. The van der Waals surface area contributed by atoms with Gasteiger partial charge in [-0.3, -0.25) is 4.79 Å². The van der Waals surface area contributed by atoms with E-state index in [-0.39, 0.29) is 12.3 Å². The van der Waals surface area contributed by atoms with Crippen molar-refractivity contribution in [2.45, 2.75) is 25.9 Å². The average molecular weight is 146 g/mol. The molecular formula is C6H14N2O2. The third kappa shape index (κ3) is 5.53. The summed E-state index contributed by atoms with van der Waals surface area (Å²) in [6, 6.07) is 0. The van der Waals surface area contributed by atoms with Crippen LogP contribution in [0.4, 0.5) is 0 Å². The minimum atomic E-state index is -0.798. The maximum atomic E-state index is 10.1. The van der Waals surface area contributed by atoms with Crippen molar-refractivity contribution >= 4 is 5.97 Å². The lowest BCUT2D eigenvalue weighted by Gasteiger charge is -2.10. The summed E-state index contributed by atoms with van der Waals surface area (Å²) in [6.45, 7) is 1.82. The molecule has 0 saturated heterocycles. The summed E-state index contributed by atoms with van der Waals surface area (Å²) < 4.78 is 0. The first-order chi connectivity index (χ1) is 4.52. The van der Waals surface area contributed by atoms with E-state index < -0.39 is 12.1 Å². The standard InChI is InChI=1S/C6H14N2O2/c1-4(2-5(7)8)3-6(9)10/h4-5H,2-3,7-8H2,1H3,(H,9,10). The molecule has 0 aromatic heterocycles. The van der Waals surface area contributed by atoms with Crippen molar-refractivity contribution in [1.82, 2.24) is 0 Å². The van der Waals surface area contributed by atoms with E-state index in [0.717, 1.165) is 0 Å². The van der Waals surface area contributed by atoms with Gasteiger partial charge in [0, 0.05) is 6.42 Å². The third-order valence-electron chi connectivity index (χ3n) is 1.20. The van der Waals surface area contributed by atoms with Gasteiger partial charge < -0.3 is 16.6 Å². The Kier molecular flexibility index (Phi) is 3.99. The highest BCUT2D eigenvalue weighted by Crippen LogP contribution is 2.06. The lowest BCUT2D eigenvalue weighted by molar-refractivity contribution is -0.138. The molecule has 0 rings (SSSR count). The molecule has 0 bridgehead atoms. The van der Waals surface area contributed by atoms with Crippen molar-refractivity contribution in [3.8, 4) is 0 Å². The Balaban J connectivity index is 3.43. The van der Waals surface area contributed by atoms with E-state index in [0.29, 0.717) is 6.42 Å². The normalized spacial score (nSPS) is 13.6. The van der Waals surface area contributed by atoms with Crippen molar-refractivity contribution in [3.05, 3.63) is 0 Å². The van der Waals surface area contributed by atoms with Crippen molar-refractivity contribution in [1.29, 1.82) is 0 Å². The minimum absolute atomic E-state index is 0.0671. The van der Waals surface area contributed by atoms with Crippen molar-refractivity contribution < 1.29 is 9.90 Å². The van der Waals surface area contributed by atoms with E-state index in [4.69, 9.17) is 16.6 Å². The highest BCUT2D eigenvalue weighted by molar-refractivity contribution is 5.66. The van der Waals surface area contributed by atoms with E-state index in [2.05, 4.69) is 0 Å². The van der Waals surface area contributed by atoms with Gasteiger partial charge in [-0.15, -0.1) is 0 Å². The minimum Gasteiger partial charge on any atom is -0.481 e. The quantitative estimate of drug-likeness (QED) is 0.476. The molecule has 0 fully saturated rings. The van der Waals surface area contributed by atoms with Gasteiger partial charge in [0.25, 0.3) is 0 Å². The molecule has 0 heterocycles. The lowest BCUT2D eigenvalue weighted by Crippen LogP contribution is -2.32. The fourth-order valence-electron chi connectivity index (χ4n) is 0.846. The summed E-state index contributed by atoms with van der Waals surface area (Å²) in [6.07, 6.45) is 0.311. The Morgan fingerprint density at radius 3 is 2.40 bits per heavy atom. The third-order valence-corrected chi connectivity index (χ3v) is 1.20. The predicted molar refractivity (Wildman–Crippen MR) is 38.2 cm³/mol. The van der Waals surface area contributed by atoms with E-state index >= 15 is 0 Å². The SMILES string of the molecule is CC(CC(=O)O)CC(N)N. The number of hydrogen-bond acceptors (Lipinski definition) is 3. The zero-order chi connectivity index (χ0) is 8.15.